The number of primary amides is 1. The number of nitrogens with zero attached hydrogens (tertiary/aromatic N) is 5. The summed E-state index contributed by atoms with van der Waals surface area (Å²) in [4.78, 5) is 39.4. The van der Waals surface area contributed by atoms with Gasteiger partial charge in [0.05, 0.1) is 30.1 Å². The number of anilines is 2. The first-order valence-corrected chi connectivity index (χ1v) is 11.3. The molecule has 0 aliphatic carbocycles. The molecule has 1 aromatic carbocycles. The molecule has 35 heavy (non-hydrogen) atoms. The first-order valence-electron chi connectivity index (χ1n) is 11.3. The molecule has 2 aromatic rings. The van der Waals surface area contributed by atoms with Crippen molar-refractivity contribution in [3.05, 3.63) is 41.8 Å². The third-order valence-electron chi connectivity index (χ3n) is 6.74. The maximum Gasteiger partial charge on any atom is 0.407 e. The highest BCUT2D eigenvalue weighted by molar-refractivity contribution is 5.98. The summed E-state index contributed by atoms with van der Waals surface area (Å²) in [5.74, 6) is -1.94. The number of likely N-dealkylation sites (tertiary alicyclic amines) is 2. The van der Waals surface area contributed by atoms with Crippen molar-refractivity contribution in [2.24, 2.45) is 11.7 Å². The van der Waals surface area contributed by atoms with Gasteiger partial charge in [0.2, 0.25) is 5.91 Å². The molecular weight excluding hydrogens is 457 g/mol. The second-order valence-corrected chi connectivity index (χ2v) is 8.78. The summed E-state index contributed by atoms with van der Waals surface area (Å²) in [6.45, 7) is 2.39. The van der Waals surface area contributed by atoms with E-state index in [0.29, 0.717) is 25.1 Å². The van der Waals surface area contributed by atoms with Crippen LogP contribution in [-0.2, 0) is 4.79 Å². The lowest BCUT2D eigenvalue weighted by atomic mass is 9.82. The molecular formula is C23H26FN7O4. The van der Waals surface area contributed by atoms with Gasteiger partial charge in [-0.3, -0.25) is 14.3 Å². The first-order chi connectivity index (χ1) is 16.7. The molecule has 0 spiro atoms. The van der Waals surface area contributed by atoms with Crippen molar-refractivity contribution in [2.45, 2.75) is 44.3 Å². The zero-order valence-corrected chi connectivity index (χ0v) is 19.1. The predicted molar refractivity (Wildman–Crippen MR) is 122 cm³/mol. The lowest BCUT2D eigenvalue weighted by Crippen LogP contribution is -2.60. The van der Waals surface area contributed by atoms with Crippen LogP contribution in [0.4, 0.5) is 20.7 Å². The zero-order chi connectivity index (χ0) is 25.3. The Morgan fingerprint density at radius 2 is 2.03 bits per heavy atom. The van der Waals surface area contributed by atoms with Crippen molar-refractivity contribution >= 4 is 29.4 Å². The quantitative estimate of drug-likeness (QED) is 0.569. The number of nitrogens with one attached hydrogen (secondary N) is 1. The number of hydrogen-bond donors (Lipinski definition) is 3. The standard InChI is InChI=1S/C23H26FN7O4/c1-13(29-9-2-3-19(29)32)20-16(11-25)18(8-10-30(20)23(34)35)31-12-17(21(26)33)22(28-31)27-15-6-4-14(24)5-7-15/h4-7,12-13,16,18,20H,2-3,8-10H2,1H3,(H2,26,33)(H,27,28)(H,34,35). The van der Waals surface area contributed by atoms with Crippen LogP contribution in [0, 0.1) is 23.1 Å². The number of benzene rings is 1. The van der Waals surface area contributed by atoms with Crippen molar-refractivity contribution in [3.8, 4) is 6.07 Å². The summed E-state index contributed by atoms with van der Waals surface area (Å²) >= 11 is 0. The van der Waals surface area contributed by atoms with E-state index in [0.717, 1.165) is 0 Å². The number of hydrogen-bond acceptors (Lipinski definition) is 6. The highest BCUT2D eigenvalue weighted by atomic mass is 19.1. The lowest BCUT2D eigenvalue weighted by molar-refractivity contribution is -0.131. The van der Waals surface area contributed by atoms with Gasteiger partial charge in [0.1, 0.15) is 11.4 Å². The number of carbonyl (C=O) groups is 3. The molecule has 4 unspecified atom stereocenters. The summed E-state index contributed by atoms with van der Waals surface area (Å²) in [6.07, 6.45) is 1.62. The Morgan fingerprint density at radius 1 is 1.31 bits per heavy atom. The van der Waals surface area contributed by atoms with E-state index in [4.69, 9.17) is 5.73 Å². The number of nitrogens with two attached hydrogens (primary N) is 1. The predicted octanol–water partition coefficient (Wildman–Crippen LogP) is 2.31. The van der Waals surface area contributed by atoms with E-state index in [1.54, 1.807) is 11.8 Å². The van der Waals surface area contributed by atoms with Crippen molar-refractivity contribution in [1.82, 2.24) is 19.6 Å². The minimum atomic E-state index is -1.16. The van der Waals surface area contributed by atoms with Gasteiger partial charge in [-0.25, -0.2) is 9.18 Å². The van der Waals surface area contributed by atoms with Gasteiger partial charge in [0, 0.05) is 31.4 Å². The van der Waals surface area contributed by atoms with Crippen LogP contribution in [-0.4, -0.2) is 67.8 Å². The highest BCUT2D eigenvalue weighted by Gasteiger charge is 2.47. The summed E-state index contributed by atoms with van der Waals surface area (Å²) in [5, 5.41) is 27.4. The summed E-state index contributed by atoms with van der Waals surface area (Å²) in [5.41, 5.74) is 6.11. The van der Waals surface area contributed by atoms with Crippen molar-refractivity contribution in [1.29, 1.82) is 5.26 Å². The minimum Gasteiger partial charge on any atom is -0.465 e. The van der Waals surface area contributed by atoms with E-state index >= 15 is 0 Å². The van der Waals surface area contributed by atoms with Crippen LogP contribution >= 0.6 is 0 Å². The van der Waals surface area contributed by atoms with E-state index in [-0.39, 0.29) is 30.3 Å². The van der Waals surface area contributed by atoms with Gasteiger partial charge in [0.15, 0.2) is 5.82 Å². The third kappa shape index (κ3) is 4.62. The molecule has 2 saturated heterocycles. The number of aromatic nitrogens is 2. The number of amides is 3. The maximum atomic E-state index is 13.3. The summed E-state index contributed by atoms with van der Waals surface area (Å²) < 4.78 is 14.7. The maximum absolute atomic E-state index is 13.3. The lowest BCUT2D eigenvalue weighted by Gasteiger charge is -2.46. The molecule has 0 bridgehead atoms. The van der Waals surface area contributed by atoms with E-state index in [2.05, 4.69) is 16.5 Å². The van der Waals surface area contributed by atoms with Crippen LogP contribution < -0.4 is 11.1 Å². The highest BCUT2D eigenvalue weighted by Crippen LogP contribution is 2.37. The molecule has 4 atom stereocenters. The van der Waals surface area contributed by atoms with Crippen LogP contribution in [0.1, 0.15) is 42.6 Å². The van der Waals surface area contributed by atoms with E-state index in [1.807, 2.05) is 0 Å². The van der Waals surface area contributed by atoms with E-state index in [9.17, 15) is 29.1 Å². The topological polar surface area (TPSA) is 158 Å². The Bertz CT molecular complexity index is 1180. The van der Waals surface area contributed by atoms with Crippen molar-refractivity contribution < 1.29 is 23.9 Å². The van der Waals surface area contributed by atoms with Crippen LogP contribution in [0.25, 0.3) is 0 Å². The molecule has 3 heterocycles. The number of nitriles is 1. The molecule has 4 N–H and O–H groups in total. The Balaban J connectivity index is 1.68. The fourth-order valence-corrected chi connectivity index (χ4v) is 5.05. The Morgan fingerprint density at radius 3 is 2.60 bits per heavy atom. The van der Waals surface area contributed by atoms with Gasteiger partial charge < -0.3 is 26.0 Å². The Labute approximate surface area is 200 Å². The molecule has 0 saturated carbocycles. The van der Waals surface area contributed by atoms with Gasteiger partial charge in [-0.1, -0.05) is 0 Å². The largest absolute Gasteiger partial charge is 0.465 e. The fourth-order valence-electron chi connectivity index (χ4n) is 5.05. The SMILES string of the molecule is CC(C1C(C#N)C(n2cc(C(N)=O)c(Nc3ccc(F)cc3)n2)CCN1C(=O)O)N1CCCC1=O. The molecule has 2 aliphatic heterocycles. The first kappa shape index (κ1) is 24.0. The number of halogens is 1. The number of rotatable bonds is 6. The van der Waals surface area contributed by atoms with Gasteiger partial charge in [-0.15, -0.1) is 0 Å². The Hall–Kier alpha value is -4.14. The summed E-state index contributed by atoms with van der Waals surface area (Å²) in [6, 6.07) is 5.83. The molecule has 2 aliphatic rings. The van der Waals surface area contributed by atoms with Crippen LogP contribution in [0.5, 0.6) is 0 Å². The van der Waals surface area contributed by atoms with Gasteiger partial charge >= 0.3 is 6.09 Å². The number of carbonyl (C=O) groups excluding carboxylic acids is 2. The number of piperidine rings is 1. The minimum absolute atomic E-state index is 0.0671. The fraction of sp³-hybridized carbons (Fsp3) is 0.435. The molecule has 11 nitrogen and oxygen atoms in total. The van der Waals surface area contributed by atoms with Crippen molar-refractivity contribution in [3.63, 3.8) is 0 Å². The molecule has 12 heteroatoms. The summed E-state index contributed by atoms with van der Waals surface area (Å²) in [7, 11) is 0. The molecule has 4 rings (SSSR count). The van der Waals surface area contributed by atoms with Gasteiger partial charge in [-0.2, -0.15) is 10.4 Å². The zero-order valence-electron chi connectivity index (χ0n) is 19.1. The molecule has 2 fully saturated rings. The molecule has 1 aromatic heterocycles. The van der Waals surface area contributed by atoms with E-state index < -0.39 is 41.9 Å². The second kappa shape index (κ2) is 9.61. The monoisotopic (exact) mass is 483 g/mol. The van der Waals surface area contributed by atoms with Crippen LogP contribution in [0.15, 0.2) is 30.5 Å². The smallest absolute Gasteiger partial charge is 0.407 e. The van der Waals surface area contributed by atoms with Crippen molar-refractivity contribution in [2.75, 3.05) is 18.4 Å². The number of carboxylic acid groups (broad SMARTS) is 1. The average Bonchev–Trinajstić information content (AvgIpc) is 3.45. The normalized spacial score (nSPS) is 23.1. The third-order valence-corrected chi connectivity index (χ3v) is 6.74. The van der Waals surface area contributed by atoms with Gasteiger partial charge in [-0.05, 0) is 44.0 Å². The molecule has 3 amide bonds. The molecule has 184 valence electrons. The van der Waals surface area contributed by atoms with Crippen LogP contribution in [0.2, 0.25) is 0 Å². The second-order valence-electron chi connectivity index (χ2n) is 8.78. The molecule has 0 radical (unpaired) electrons. The van der Waals surface area contributed by atoms with E-state index in [1.165, 1.54) is 40.0 Å². The Kier molecular flexibility index (Phi) is 6.59. The van der Waals surface area contributed by atoms with Gasteiger partial charge in [0.25, 0.3) is 5.91 Å². The van der Waals surface area contributed by atoms with Crippen LogP contribution in [0.3, 0.4) is 0 Å². The average molecular weight is 484 g/mol.